The molecule has 212 valence electrons. The molecule has 2 aliphatic heterocycles. The van der Waals surface area contributed by atoms with Gasteiger partial charge in [-0.2, -0.15) is 0 Å². The molecule has 5 aromatic rings. The van der Waals surface area contributed by atoms with Gasteiger partial charge in [-0.25, -0.2) is 8.42 Å². The number of pyridine rings is 3. The van der Waals surface area contributed by atoms with Gasteiger partial charge in [-0.1, -0.05) is 35.9 Å². The van der Waals surface area contributed by atoms with E-state index in [9.17, 15) is 8.42 Å². The summed E-state index contributed by atoms with van der Waals surface area (Å²) in [5, 5.41) is 1.32. The molecule has 0 aliphatic carbocycles. The molecule has 3 aromatic heterocycles. The first kappa shape index (κ1) is 26.8. The summed E-state index contributed by atoms with van der Waals surface area (Å²) in [5.74, 6) is 0. The Morgan fingerprint density at radius 1 is 0.833 bits per heavy atom. The zero-order valence-corrected chi connectivity index (χ0v) is 24.6. The number of hydrogen-bond donors (Lipinski definition) is 0. The van der Waals surface area contributed by atoms with Crippen molar-refractivity contribution in [2.75, 3.05) is 41.9 Å². The molecule has 1 saturated heterocycles. The van der Waals surface area contributed by atoms with Crippen LogP contribution in [0.2, 0.25) is 5.02 Å². The van der Waals surface area contributed by atoms with Crippen molar-refractivity contribution < 1.29 is 8.42 Å². The fraction of sp³-hybridized carbons (Fsp3) is 0.219. The Morgan fingerprint density at radius 2 is 1.57 bits per heavy atom. The highest BCUT2D eigenvalue weighted by Crippen LogP contribution is 2.50. The summed E-state index contributed by atoms with van der Waals surface area (Å²) in [6.45, 7) is 5.15. The van der Waals surface area contributed by atoms with Crippen molar-refractivity contribution >= 4 is 43.9 Å². The quantitative estimate of drug-likeness (QED) is 0.274. The van der Waals surface area contributed by atoms with E-state index in [2.05, 4.69) is 19.8 Å². The number of aromatic nitrogens is 3. The maximum absolute atomic E-state index is 14.6. The van der Waals surface area contributed by atoms with Gasteiger partial charge in [0.05, 0.1) is 23.4 Å². The summed E-state index contributed by atoms with van der Waals surface area (Å²) in [4.78, 5) is 18.4. The van der Waals surface area contributed by atoms with E-state index < -0.39 is 15.6 Å². The van der Waals surface area contributed by atoms with Gasteiger partial charge in [-0.15, -0.1) is 0 Å². The Hall–Kier alpha value is -4.05. The highest BCUT2D eigenvalue weighted by Gasteiger charge is 2.54. The molecule has 1 fully saturated rings. The molecule has 2 aliphatic rings. The molecule has 8 nitrogen and oxygen atoms in total. The largest absolute Gasteiger partial charge is 0.369 e. The first-order chi connectivity index (χ1) is 20.4. The van der Waals surface area contributed by atoms with Crippen molar-refractivity contribution in [1.82, 2.24) is 19.9 Å². The topological polar surface area (TPSA) is 82.5 Å². The van der Waals surface area contributed by atoms with E-state index in [4.69, 9.17) is 16.6 Å². The zero-order valence-electron chi connectivity index (χ0n) is 23.1. The lowest BCUT2D eigenvalue weighted by atomic mass is 9.83. The number of sulfonamides is 1. The van der Waals surface area contributed by atoms with Crippen LogP contribution in [0.3, 0.4) is 0 Å². The number of halogens is 1. The number of hydrogen-bond acceptors (Lipinski definition) is 7. The van der Waals surface area contributed by atoms with Crippen LogP contribution in [0.4, 0.5) is 11.4 Å². The third kappa shape index (κ3) is 4.22. The van der Waals surface area contributed by atoms with Gasteiger partial charge in [-0.3, -0.25) is 24.2 Å². The first-order valence-corrected chi connectivity index (χ1v) is 15.7. The summed E-state index contributed by atoms with van der Waals surface area (Å²) in [6, 6.07) is 22.5. The normalized spacial score (nSPS) is 19.3. The predicted molar refractivity (Wildman–Crippen MR) is 166 cm³/mol. The third-order valence-corrected chi connectivity index (χ3v) is 10.5. The summed E-state index contributed by atoms with van der Waals surface area (Å²) >= 11 is 6.65. The van der Waals surface area contributed by atoms with E-state index in [0.717, 1.165) is 41.0 Å². The fourth-order valence-corrected chi connectivity index (χ4v) is 8.35. The van der Waals surface area contributed by atoms with Crippen molar-refractivity contribution in [3.63, 3.8) is 0 Å². The third-order valence-electron chi connectivity index (χ3n) is 8.46. The van der Waals surface area contributed by atoms with Crippen LogP contribution in [0.5, 0.6) is 0 Å². The van der Waals surface area contributed by atoms with Crippen LogP contribution in [0.1, 0.15) is 16.8 Å². The minimum Gasteiger partial charge on any atom is -0.369 e. The van der Waals surface area contributed by atoms with Crippen LogP contribution < -0.4 is 9.21 Å². The summed E-state index contributed by atoms with van der Waals surface area (Å²) in [5.41, 5.74) is 4.00. The molecule has 1 atom stereocenters. The average Bonchev–Trinajstić information content (AvgIpc) is 3.37. The van der Waals surface area contributed by atoms with Crippen LogP contribution in [0, 0.1) is 6.92 Å². The molecule has 42 heavy (non-hydrogen) atoms. The van der Waals surface area contributed by atoms with Crippen LogP contribution >= 0.6 is 11.6 Å². The van der Waals surface area contributed by atoms with Gasteiger partial charge in [0.2, 0.25) is 0 Å². The van der Waals surface area contributed by atoms with Gasteiger partial charge in [-0.05, 0) is 61.0 Å². The van der Waals surface area contributed by atoms with E-state index in [1.807, 2.05) is 61.5 Å². The predicted octanol–water partition coefficient (Wildman–Crippen LogP) is 5.26. The molecule has 0 saturated carbocycles. The molecule has 7 rings (SSSR count). The van der Waals surface area contributed by atoms with Crippen LogP contribution in [0.15, 0.2) is 102 Å². The minimum atomic E-state index is -4.02. The van der Waals surface area contributed by atoms with Gasteiger partial charge in [0.15, 0.2) is 0 Å². The van der Waals surface area contributed by atoms with E-state index in [1.165, 1.54) is 4.31 Å². The molecule has 5 heterocycles. The van der Waals surface area contributed by atoms with Crippen LogP contribution in [-0.2, 0) is 15.6 Å². The Labute approximate surface area is 250 Å². The lowest BCUT2D eigenvalue weighted by Crippen LogP contribution is -2.58. The van der Waals surface area contributed by atoms with Crippen LogP contribution in [0.25, 0.3) is 10.9 Å². The molecule has 0 radical (unpaired) electrons. The minimum absolute atomic E-state index is 0.168. The number of benzene rings is 2. The zero-order chi connectivity index (χ0) is 28.9. The van der Waals surface area contributed by atoms with Crippen molar-refractivity contribution in [3.8, 4) is 0 Å². The maximum atomic E-state index is 14.6. The highest BCUT2D eigenvalue weighted by atomic mass is 35.5. The molecular weight excluding hydrogens is 568 g/mol. The van der Waals surface area contributed by atoms with Crippen molar-refractivity contribution in [3.05, 3.63) is 119 Å². The maximum Gasteiger partial charge on any atom is 0.266 e. The summed E-state index contributed by atoms with van der Waals surface area (Å²) in [7, 11) is -4.02. The molecule has 0 N–H and O–H groups in total. The number of aryl methyl sites for hydroxylation is 1. The van der Waals surface area contributed by atoms with Crippen molar-refractivity contribution in [2.45, 2.75) is 17.4 Å². The summed E-state index contributed by atoms with van der Waals surface area (Å²) < 4.78 is 30.8. The van der Waals surface area contributed by atoms with Gasteiger partial charge in [0, 0.05) is 72.6 Å². The number of piperazine rings is 1. The first-order valence-electron chi connectivity index (χ1n) is 13.9. The lowest BCUT2D eigenvalue weighted by molar-refractivity contribution is 0.124. The number of para-hydroxylation sites is 1. The standard InChI is InChI=1S/C32H29ClN6O2S/c1-23-5-3-14-36-31(23)32(38-19-17-37(18-20-38)26-11-15-34-16-12-26)22-39(28-10-9-25(33)21-27(28)32)42(40,41)29-8-2-6-24-7-4-13-35-30(24)29/h2-16,21H,17-20,22H2,1H3. The van der Waals surface area contributed by atoms with Gasteiger partial charge < -0.3 is 4.90 Å². The molecule has 0 amide bonds. The molecule has 0 bridgehead atoms. The fourth-order valence-electron chi connectivity index (χ4n) is 6.50. The van der Waals surface area contributed by atoms with E-state index in [1.54, 1.807) is 43.0 Å². The Bertz CT molecular complexity index is 1890. The Morgan fingerprint density at radius 3 is 2.36 bits per heavy atom. The SMILES string of the molecule is Cc1cccnc1C1(N2CCN(c3ccncc3)CC2)CN(S(=O)(=O)c2cccc3cccnc23)c2ccc(Cl)cc21. The van der Waals surface area contributed by atoms with Gasteiger partial charge in [0.1, 0.15) is 10.4 Å². The van der Waals surface area contributed by atoms with E-state index >= 15 is 0 Å². The van der Waals surface area contributed by atoms with Gasteiger partial charge >= 0.3 is 0 Å². The van der Waals surface area contributed by atoms with Gasteiger partial charge in [0.25, 0.3) is 10.0 Å². The lowest BCUT2D eigenvalue weighted by Gasteiger charge is -2.46. The number of nitrogens with zero attached hydrogens (tertiary/aromatic N) is 6. The monoisotopic (exact) mass is 596 g/mol. The molecule has 2 aromatic carbocycles. The summed E-state index contributed by atoms with van der Waals surface area (Å²) in [6.07, 6.45) is 7.03. The van der Waals surface area contributed by atoms with Crippen molar-refractivity contribution in [2.24, 2.45) is 0 Å². The average molecular weight is 597 g/mol. The Balaban J connectivity index is 1.38. The second-order valence-electron chi connectivity index (χ2n) is 10.7. The van der Waals surface area contributed by atoms with E-state index in [-0.39, 0.29) is 11.4 Å². The number of rotatable bonds is 5. The van der Waals surface area contributed by atoms with E-state index in [0.29, 0.717) is 29.3 Å². The second kappa shape index (κ2) is 10.3. The highest BCUT2D eigenvalue weighted by molar-refractivity contribution is 7.93. The number of fused-ring (bicyclic) bond motifs is 2. The molecule has 10 heteroatoms. The molecular formula is C32H29ClN6O2S. The molecule has 0 spiro atoms. The number of anilines is 2. The smallest absolute Gasteiger partial charge is 0.266 e. The van der Waals surface area contributed by atoms with Crippen molar-refractivity contribution in [1.29, 1.82) is 0 Å². The molecule has 1 unspecified atom stereocenters. The van der Waals surface area contributed by atoms with Crippen LogP contribution in [-0.4, -0.2) is 61.0 Å². The second-order valence-corrected chi connectivity index (χ2v) is 13.0. The Kier molecular flexibility index (Phi) is 6.61.